The molecule has 0 saturated carbocycles. The number of ether oxygens (including phenoxy) is 1. The van der Waals surface area contributed by atoms with Crippen molar-refractivity contribution < 1.29 is 9.84 Å². The summed E-state index contributed by atoms with van der Waals surface area (Å²) in [5.41, 5.74) is -0.822. The van der Waals surface area contributed by atoms with Gasteiger partial charge in [0.05, 0.1) is 18.4 Å². The molecular weight excluding hydrogens is 178 g/mol. The number of rotatable bonds is 3. The van der Waals surface area contributed by atoms with Crippen LogP contribution in [0.25, 0.3) is 0 Å². The van der Waals surface area contributed by atoms with Crippen molar-refractivity contribution in [1.82, 2.24) is 0 Å². The minimum atomic E-state index is -1.11. The maximum atomic E-state index is 10.1. The van der Waals surface area contributed by atoms with Gasteiger partial charge in [0.2, 0.25) is 0 Å². The quantitative estimate of drug-likeness (QED) is 0.423. The summed E-state index contributed by atoms with van der Waals surface area (Å²) in [6.07, 6.45) is 7.41. The van der Waals surface area contributed by atoms with E-state index in [1.54, 1.807) is 6.08 Å². The SMILES string of the molecule is CCO/C=C(\C#N)C1(O)C=CCCC1. The van der Waals surface area contributed by atoms with E-state index < -0.39 is 5.60 Å². The molecule has 0 bridgehead atoms. The van der Waals surface area contributed by atoms with E-state index in [9.17, 15) is 5.11 Å². The third kappa shape index (κ3) is 2.36. The highest BCUT2D eigenvalue weighted by Gasteiger charge is 2.30. The molecule has 76 valence electrons. The molecule has 0 aromatic heterocycles. The average Bonchev–Trinajstić information content (AvgIpc) is 2.20. The second kappa shape index (κ2) is 4.83. The van der Waals surface area contributed by atoms with Gasteiger partial charge >= 0.3 is 0 Å². The van der Waals surface area contributed by atoms with Crippen molar-refractivity contribution in [3.05, 3.63) is 24.0 Å². The fraction of sp³-hybridized carbons (Fsp3) is 0.545. The molecule has 0 fully saturated rings. The van der Waals surface area contributed by atoms with Crippen LogP contribution in [0, 0.1) is 11.3 Å². The van der Waals surface area contributed by atoms with Gasteiger partial charge in [-0.3, -0.25) is 0 Å². The first-order chi connectivity index (χ1) is 6.73. The lowest BCUT2D eigenvalue weighted by molar-refractivity contribution is 0.111. The van der Waals surface area contributed by atoms with Crippen molar-refractivity contribution in [2.75, 3.05) is 6.61 Å². The number of nitrogens with zero attached hydrogens (tertiary/aromatic N) is 1. The molecular formula is C11H15NO2. The summed E-state index contributed by atoms with van der Waals surface area (Å²) in [6.45, 7) is 2.34. The van der Waals surface area contributed by atoms with E-state index >= 15 is 0 Å². The van der Waals surface area contributed by atoms with E-state index in [1.807, 2.05) is 19.1 Å². The third-order valence-electron chi connectivity index (χ3n) is 2.28. The Labute approximate surface area is 84.3 Å². The predicted molar refractivity (Wildman–Crippen MR) is 53.3 cm³/mol. The monoisotopic (exact) mass is 193 g/mol. The number of nitriles is 1. The van der Waals surface area contributed by atoms with Crippen LogP contribution in [0.2, 0.25) is 0 Å². The molecule has 3 nitrogen and oxygen atoms in total. The summed E-state index contributed by atoms with van der Waals surface area (Å²) in [5, 5.41) is 19.0. The van der Waals surface area contributed by atoms with Crippen LogP contribution < -0.4 is 0 Å². The number of hydrogen-bond acceptors (Lipinski definition) is 3. The molecule has 1 aliphatic carbocycles. The molecule has 3 heteroatoms. The van der Waals surface area contributed by atoms with Gasteiger partial charge in [-0.25, -0.2) is 0 Å². The van der Waals surface area contributed by atoms with Gasteiger partial charge in [0, 0.05) is 0 Å². The van der Waals surface area contributed by atoms with Crippen LogP contribution in [0.5, 0.6) is 0 Å². The summed E-state index contributed by atoms with van der Waals surface area (Å²) in [4.78, 5) is 0. The van der Waals surface area contributed by atoms with Crippen molar-refractivity contribution in [2.45, 2.75) is 31.8 Å². The van der Waals surface area contributed by atoms with Crippen LogP contribution in [-0.4, -0.2) is 17.3 Å². The molecule has 0 heterocycles. The molecule has 0 radical (unpaired) electrons. The maximum Gasteiger partial charge on any atom is 0.121 e. The highest BCUT2D eigenvalue weighted by Crippen LogP contribution is 2.28. The smallest absolute Gasteiger partial charge is 0.121 e. The Morgan fingerprint density at radius 2 is 2.57 bits per heavy atom. The summed E-state index contributed by atoms with van der Waals surface area (Å²) >= 11 is 0. The molecule has 1 atom stereocenters. The highest BCUT2D eigenvalue weighted by molar-refractivity contribution is 5.35. The lowest BCUT2D eigenvalue weighted by atomic mass is 9.85. The number of allylic oxidation sites excluding steroid dienone is 1. The second-order valence-corrected chi connectivity index (χ2v) is 3.32. The number of hydrogen-bond donors (Lipinski definition) is 1. The molecule has 1 N–H and O–H groups in total. The Kier molecular flexibility index (Phi) is 3.73. The zero-order valence-electron chi connectivity index (χ0n) is 8.36. The number of aliphatic hydroxyl groups is 1. The van der Waals surface area contributed by atoms with E-state index in [4.69, 9.17) is 10.00 Å². The largest absolute Gasteiger partial charge is 0.500 e. The van der Waals surface area contributed by atoms with Gasteiger partial charge in [0.25, 0.3) is 0 Å². The third-order valence-corrected chi connectivity index (χ3v) is 2.28. The van der Waals surface area contributed by atoms with Crippen LogP contribution in [-0.2, 0) is 4.74 Å². The van der Waals surface area contributed by atoms with E-state index in [2.05, 4.69) is 0 Å². The van der Waals surface area contributed by atoms with E-state index in [1.165, 1.54) is 6.26 Å². The molecule has 14 heavy (non-hydrogen) atoms. The van der Waals surface area contributed by atoms with E-state index in [-0.39, 0.29) is 5.57 Å². The fourth-order valence-electron chi connectivity index (χ4n) is 1.47. The fourth-order valence-corrected chi connectivity index (χ4v) is 1.47. The highest BCUT2D eigenvalue weighted by atomic mass is 16.5. The molecule has 1 unspecified atom stereocenters. The first kappa shape index (κ1) is 10.8. The Bertz CT molecular complexity index is 288. The van der Waals surface area contributed by atoms with Crippen LogP contribution in [0.1, 0.15) is 26.2 Å². The lowest BCUT2D eigenvalue weighted by Crippen LogP contribution is -2.29. The van der Waals surface area contributed by atoms with Gasteiger partial charge in [0.1, 0.15) is 11.7 Å². The van der Waals surface area contributed by atoms with Gasteiger partial charge in [-0.1, -0.05) is 12.2 Å². The summed E-state index contributed by atoms with van der Waals surface area (Å²) < 4.78 is 5.03. The zero-order chi connectivity index (χ0) is 10.4. The van der Waals surface area contributed by atoms with Crippen molar-refractivity contribution in [3.63, 3.8) is 0 Å². The van der Waals surface area contributed by atoms with E-state index in [0.29, 0.717) is 13.0 Å². The van der Waals surface area contributed by atoms with Gasteiger partial charge in [0.15, 0.2) is 0 Å². The average molecular weight is 193 g/mol. The Morgan fingerprint density at radius 1 is 1.79 bits per heavy atom. The minimum absolute atomic E-state index is 0.287. The van der Waals surface area contributed by atoms with Crippen LogP contribution >= 0.6 is 0 Å². The Balaban J connectivity index is 2.82. The molecule has 0 saturated heterocycles. The molecule has 0 aromatic carbocycles. The molecule has 0 amide bonds. The van der Waals surface area contributed by atoms with Crippen LogP contribution in [0.3, 0.4) is 0 Å². The molecule has 0 spiro atoms. The lowest BCUT2D eigenvalue weighted by Gasteiger charge is -2.26. The molecule has 1 aliphatic rings. The van der Waals surface area contributed by atoms with Crippen molar-refractivity contribution in [3.8, 4) is 6.07 Å². The van der Waals surface area contributed by atoms with Crippen molar-refractivity contribution >= 4 is 0 Å². The molecule has 0 aliphatic heterocycles. The van der Waals surface area contributed by atoms with Crippen LogP contribution in [0.15, 0.2) is 24.0 Å². The summed E-state index contributed by atoms with van der Waals surface area (Å²) in [5.74, 6) is 0. The normalized spacial score (nSPS) is 27.1. The predicted octanol–water partition coefficient (Wildman–Crippen LogP) is 1.90. The summed E-state index contributed by atoms with van der Waals surface area (Å²) in [7, 11) is 0. The second-order valence-electron chi connectivity index (χ2n) is 3.32. The first-order valence-electron chi connectivity index (χ1n) is 4.85. The van der Waals surface area contributed by atoms with Crippen molar-refractivity contribution in [1.29, 1.82) is 5.26 Å². The topological polar surface area (TPSA) is 53.2 Å². The minimum Gasteiger partial charge on any atom is -0.500 e. The molecule has 1 rings (SSSR count). The van der Waals surface area contributed by atoms with Gasteiger partial charge in [-0.2, -0.15) is 5.26 Å². The summed E-state index contributed by atoms with van der Waals surface area (Å²) in [6, 6.07) is 1.98. The van der Waals surface area contributed by atoms with Gasteiger partial charge < -0.3 is 9.84 Å². The first-order valence-corrected chi connectivity index (χ1v) is 4.85. The van der Waals surface area contributed by atoms with Gasteiger partial charge in [-0.15, -0.1) is 0 Å². The van der Waals surface area contributed by atoms with E-state index in [0.717, 1.165) is 12.8 Å². The van der Waals surface area contributed by atoms with Crippen molar-refractivity contribution in [2.24, 2.45) is 0 Å². The maximum absolute atomic E-state index is 10.1. The Hall–Kier alpha value is -1.27. The molecule has 0 aromatic rings. The Morgan fingerprint density at radius 3 is 3.07 bits per heavy atom. The van der Waals surface area contributed by atoms with Crippen LogP contribution in [0.4, 0.5) is 0 Å². The standard InChI is InChI=1S/C11H15NO2/c1-2-14-9-10(8-12)11(13)6-4-3-5-7-11/h4,6,9,13H,2-3,5,7H2,1H3/b10-9+. The van der Waals surface area contributed by atoms with Gasteiger partial charge in [-0.05, 0) is 26.2 Å². The zero-order valence-corrected chi connectivity index (χ0v) is 8.36.